The third kappa shape index (κ3) is 3.19. The fourth-order valence-electron chi connectivity index (χ4n) is 3.73. The summed E-state index contributed by atoms with van der Waals surface area (Å²) in [6.45, 7) is 9.95. The smallest absolute Gasteiger partial charge is 0.0625 e. The molecule has 3 nitrogen and oxygen atoms in total. The van der Waals surface area contributed by atoms with Gasteiger partial charge in [0.15, 0.2) is 0 Å². The molecule has 19 heavy (non-hydrogen) atoms. The van der Waals surface area contributed by atoms with Crippen LogP contribution in [-0.4, -0.2) is 9.78 Å². The quantitative estimate of drug-likeness (QED) is 0.903. The van der Waals surface area contributed by atoms with Gasteiger partial charge in [-0.25, -0.2) is 0 Å². The van der Waals surface area contributed by atoms with Gasteiger partial charge in [0.1, 0.15) is 0 Å². The lowest BCUT2D eigenvalue weighted by atomic mass is 9.73. The van der Waals surface area contributed by atoms with E-state index in [0.29, 0.717) is 5.92 Å². The molecule has 3 unspecified atom stereocenters. The highest BCUT2D eigenvalue weighted by Gasteiger charge is 2.30. The highest BCUT2D eigenvalue weighted by molar-refractivity contribution is 5.15. The molecule has 1 aliphatic carbocycles. The van der Waals surface area contributed by atoms with Gasteiger partial charge in [-0.2, -0.15) is 5.10 Å². The molecular weight excluding hydrogens is 234 g/mol. The Labute approximate surface area is 117 Å². The number of aryl methyl sites for hydroxylation is 2. The molecule has 0 aromatic carbocycles. The van der Waals surface area contributed by atoms with Gasteiger partial charge in [-0.15, -0.1) is 0 Å². The SMILES string of the molecule is CCc1cc(C(N)C2CC(C)CC(C)C2)n(CC)n1. The minimum absolute atomic E-state index is 0.151. The third-order valence-corrected chi connectivity index (χ3v) is 4.59. The molecule has 2 rings (SSSR count). The number of hydrogen-bond acceptors (Lipinski definition) is 2. The molecule has 108 valence electrons. The summed E-state index contributed by atoms with van der Waals surface area (Å²) < 4.78 is 2.10. The Bertz CT molecular complexity index is 400. The van der Waals surface area contributed by atoms with E-state index in [2.05, 4.69) is 43.5 Å². The first-order valence-electron chi connectivity index (χ1n) is 7.87. The Balaban J connectivity index is 2.18. The largest absolute Gasteiger partial charge is 0.322 e. The summed E-state index contributed by atoms with van der Waals surface area (Å²) in [7, 11) is 0. The molecule has 3 heteroatoms. The summed E-state index contributed by atoms with van der Waals surface area (Å²) in [6, 6.07) is 2.37. The second-order valence-corrected chi connectivity index (χ2v) is 6.43. The number of nitrogens with two attached hydrogens (primary N) is 1. The van der Waals surface area contributed by atoms with E-state index >= 15 is 0 Å². The molecule has 1 saturated carbocycles. The van der Waals surface area contributed by atoms with Crippen LogP contribution in [0.5, 0.6) is 0 Å². The summed E-state index contributed by atoms with van der Waals surface area (Å²) in [6.07, 6.45) is 4.88. The number of nitrogens with zero attached hydrogens (tertiary/aromatic N) is 2. The van der Waals surface area contributed by atoms with E-state index in [-0.39, 0.29) is 6.04 Å². The first-order valence-corrected chi connectivity index (χ1v) is 7.87. The molecule has 0 aliphatic heterocycles. The van der Waals surface area contributed by atoms with Crippen LogP contribution >= 0.6 is 0 Å². The van der Waals surface area contributed by atoms with Gasteiger partial charge in [0.25, 0.3) is 0 Å². The molecule has 0 bridgehead atoms. The first-order chi connectivity index (χ1) is 9.05. The van der Waals surface area contributed by atoms with Crippen molar-refractivity contribution in [3.05, 3.63) is 17.5 Å². The normalized spacial score (nSPS) is 29.4. The van der Waals surface area contributed by atoms with Crippen molar-refractivity contribution in [2.45, 2.75) is 66.0 Å². The van der Waals surface area contributed by atoms with Crippen molar-refractivity contribution in [3.8, 4) is 0 Å². The molecule has 1 fully saturated rings. The molecule has 1 aromatic heterocycles. The van der Waals surface area contributed by atoms with Gasteiger partial charge < -0.3 is 5.73 Å². The topological polar surface area (TPSA) is 43.8 Å². The maximum Gasteiger partial charge on any atom is 0.0625 e. The standard InChI is InChI=1S/C16H29N3/c1-5-14-10-15(19(6-2)18-14)16(17)13-8-11(3)7-12(4)9-13/h10-13,16H,5-9,17H2,1-4H3. The Morgan fingerprint density at radius 1 is 1.26 bits per heavy atom. The van der Waals surface area contributed by atoms with Crippen LogP contribution < -0.4 is 5.73 Å². The van der Waals surface area contributed by atoms with Crippen LogP contribution in [0, 0.1) is 17.8 Å². The second kappa shape index (κ2) is 6.08. The van der Waals surface area contributed by atoms with E-state index in [4.69, 9.17) is 5.73 Å². The van der Waals surface area contributed by atoms with Crippen LogP contribution in [0.15, 0.2) is 6.07 Å². The molecule has 3 atom stereocenters. The first kappa shape index (κ1) is 14.6. The van der Waals surface area contributed by atoms with Crippen LogP contribution in [0.3, 0.4) is 0 Å². The zero-order chi connectivity index (χ0) is 14.0. The van der Waals surface area contributed by atoms with Crippen molar-refractivity contribution in [3.63, 3.8) is 0 Å². The average Bonchev–Trinajstić information content (AvgIpc) is 2.80. The van der Waals surface area contributed by atoms with Gasteiger partial charge in [0.05, 0.1) is 11.4 Å². The van der Waals surface area contributed by atoms with Crippen LogP contribution in [0.4, 0.5) is 0 Å². The molecule has 1 aliphatic rings. The monoisotopic (exact) mass is 263 g/mol. The number of rotatable bonds is 4. The molecule has 2 N–H and O–H groups in total. The Morgan fingerprint density at radius 2 is 1.89 bits per heavy atom. The molecule has 1 aromatic rings. The lowest BCUT2D eigenvalue weighted by Crippen LogP contribution is -2.30. The van der Waals surface area contributed by atoms with Crippen LogP contribution in [0.1, 0.15) is 64.4 Å². The van der Waals surface area contributed by atoms with E-state index in [9.17, 15) is 0 Å². The van der Waals surface area contributed by atoms with Crippen LogP contribution in [-0.2, 0) is 13.0 Å². The molecular formula is C16H29N3. The van der Waals surface area contributed by atoms with Gasteiger partial charge in [-0.3, -0.25) is 4.68 Å². The molecule has 1 heterocycles. The summed E-state index contributed by atoms with van der Waals surface area (Å²) in [4.78, 5) is 0. The summed E-state index contributed by atoms with van der Waals surface area (Å²) in [5.74, 6) is 2.23. The molecule has 0 amide bonds. The predicted octanol–water partition coefficient (Wildman–Crippen LogP) is 3.54. The van der Waals surface area contributed by atoms with E-state index in [0.717, 1.165) is 24.8 Å². The Hall–Kier alpha value is -0.830. The second-order valence-electron chi connectivity index (χ2n) is 6.43. The van der Waals surface area contributed by atoms with Crippen molar-refractivity contribution in [1.29, 1.82) is 0 Å². The van der Waals surface area contributed by atoms with Gasteiger partial charge in [-0.05, 0) is 56.4 Å². The van der Waals surface area contributed by atoms with E-state index < -0.39 is 0 Å². The third-order valence-electron chi connectivity index (χ3n) is 4.59. The maximum atomic E-state index is 6.58. The molecule has 0 saturated heterocycles. The summed E-state index contributed by atoms with van der Waals surface area (Å²) >= 11 is 0. The highest BCUT2D eigenvalue weighted by atomic mass is 15.3. The summed E-state index contributed by atoms with van der Waals surface area (Å²) in [5.41, 5.74) is 8.99. The zero-order valence-corrected chi connectivity index (χ0v) is 12.9. The van der Waals surface area contributed by atoms with E-state index in [1.54, 1.807) is 0 Å². The fourth-order valence-corrected chi connectivity index (χ4v) is 3.73. The van der Waals surface area contributed by atoms with E-state index in [1.165, 1.54) is 30.7 Å². The van der Waals surface area contributed by atoms with Crippen molar-refractivity contribution in [2.24, 2.45) is 23.5 Å². The summed E-state index contributed by atoms with van der Waals surface area (Å²) in [5, 5.41) is 4.64. The Kier molecular flexibility index (Phi) is 4.67. The van der Waals surface area contributed by atoms with Crippen molar-refractivity contribution in [1.82, 2.24) is 9.78 Å². The van der Waals surface area contributed by atoms with Gasteiger partial charge in [0.2, 0.25) is 0 Å². The fraction of sp³-hybridized carbons (Fsp3) is 0.812. The maximum absolute atomic E-state index is 6.58. The van der Waals surface area contributed by atoms with E-state index in [1.807, 2.05) is 0 Å². The molecule has 0 spiro atoms. The minimum Gasteiger partial charge on any atom is -0.322 e. The highest BCUT2D eigenvalue weighted by Crippen LogP contribution is 2.38. The number of hydrogen-bond donors (Lipinski definition) is 1. The zero-order valence-electron chi connectivity index (χ0n) is 12.9. The van der Waals surface area contributed by atoms with Gasteiger partial charge >= 0.3 is 0 Å². The Morgan fingerprint density at radius 3 is 2.42 bits per heavy atom. The van der Waals surface area contributed by atoms with Crippen LogP contribution in [0.2, 0.25) is 0 Å². The van der Waals surface area contributed by atoms with Gasteiger partial charge in [-0.1, -0.05) is 20.8 Å². The van der Waals surface area contributed by atoms with Crippen LogP contribution in [0.25, 0.3) is 0 Å². The lowest BCUT2D eigenvalue weighted by molar-refractivity contribution is 0.189. The van der Waals surface area contributed by atoms with Gasteiger partial charge in [0, 0.05) is 12.6 Å². The predicted molar refractivity (Wildman–Crippen MR) is 79.9 cm³/mol. The van der Waals surface area contributed by atoms with Crippen molar-refractivity contribution >= 4 is 0 Å². The van der Waals surface area contributed by atoms with Crippen molar-refractivity contribution in [2.75, 3.05) is 0 Å². The molecule has 0 radical (unpaired) electrons. The van der Waals surface area contributed by atoms with Crippen molar-refractivity contribution < 1.29 is 0 Å². The number of aromatic nitrogens is 2. The average molecular weight is 263 g/mol. The lowest BCUT2D eigenvalue weighted by Gasteiger charge is -2.35. The minimum atomic E-state index is 0.151.